The molecule has 1 amide bonds. The van der Waals surface area contributed by atoms with Crippen molar-refractivity contribution in [1.82, 2.24) is 5.32 Å². The zero-order valence-electron chi connectivity index (χ0n) is 7.11. The molecule has 1 saturated heterocycles. The summed E-state index contributed by atoms with van der Waals surface area (Å²) in [5, 5.41) is 2.78. The lowest BCUT2D eigenvalue weighted by molar-refractivity contribution is -0.119. The predicted molar refractivity (Wildman–Crippen MR) is 42.8 cm³/mol. The molecule has 60 valence electrons. The van der Waals surface area contributed by atoms with Crippen molar-refractivity contribution in [1.29, 1.82) is 0 Å². The second-order valence-corrected chi connectivity index (χ2v) is 2.28. The van der Waals surface area contributed by atoms with Crippen molar-refractivity contribution >= 4 is 5.91 Å². The van der Waals surface area contributed by atoms with Crippen LogP contribution < -0.4 is 5.32 Å². The van der Waals surface area contributed by atoms with Crippen molar-refractivity contribution in [2.45, 2.75) is 33.6 Å². The van der Waals surface area contributed by atoms with Gasteiger partial charge in [-0.2, -0.15) is 0 Å². The molecule has 1 atom stereocenters. The molecular formula is C8H17NO. The van der Waals surface area contributed by atoms with Crippen LogP contribution in [0, 0.1) is 5.92 Å². The van der Waals surface area contributed by atoms with Gasteiger partial charge in [-0.1, -0.05) is 27.2 Å². The second kappa shape index (κ2) is 5.27. The van der Waals surface area contributed by atoms with Crippen molar-refractivity contribution in [2.75, 3.05) is 6.54 Å². The summed E-state index contributed by atoms with van der Waals surface area (Å²) in [4.78, 5) is 10.5. The molecule has 0 aromatic heterocycles. The molecule has 0 spiro atoms. The van der Waals surface area contributed by atoms with Crippen molar-refractivity contribution in [3.05, 3.63) is 0 Å². The largest absolute Gasteiger partial charge is 0.356 e. The van der Waals surface area contributed by atoms with Crippen LogP contribution in [0.5, 0.6) is 0 Å². The van der Waals surface area contributed by atoms with Gasteiger partial charge in [-0.15, -0.1) is 0 Å². The molecule has 0 aromatic rings. The highest BCUT2D eigenvalue weighted by molar-refractivity contribution is 5.78. The molecule has 1 N–H and O–H groups in total. The van der Waals surface area contributed by atoms with Gasteiger partial charge in [0.1, 0.15) is 0 Å². The van der Waals surface area contributed by atoms with Crippen molar-refractivity contribution in [3.63, 3.8) is 0 Å². The third-order valence-electron chi connectivity index (χ3n) is 1.64. The van der Waals surface area contributed by atoms with Gasteiger partial charge in [0.15, 0.2) is 0 Å². The van der Waals surface area contributed by atoms with Crippen LogP contribution in [0.2, 0.25) is 0 Å². The summed E-state index contributed by atoms with van der Waals surface area (Å²) in [6.45, 7) is 7.01. The first-order valence-corrected chi connectivity index (χ1v) is 4.09. The summed E-state index contributed by atoms with van der Waals surface area (Å²) in [5.74, 6) is 0.833. The highest BCUT2D eigenvalue weighted by Crippen LogP contribution is 2.11. The molecule has 2 nitrogen and oxygen atoms in total. The van der Waals surface area contributed by atoms with E-state index in [1.807, 2.05) is 13.8 Å². The van der Waals surface area contributed by atoms with Gasteiger partial charge in [0.05, 0.1) is 0 Å². The summed E-state index contributed by atoms with van der Waals surface area (Å²) >= 11 is 0. The molecule has 0 bridgehead atoms. The van der Waals surface area contributed by atoms with Gasteiger partial charge in [0.2, 0.25) is 5.91 Å². The maximum absolute atomic E-state index is 10.5. The monoisotopic (exact) mass is 143 g/mol. The van der Waals surface area contributed by atoms with Gasteiger partial charge in [-0.3, -0.25) is 4.79 Å². The van der Waals surface area contributed by atoms with Crippen LogP contribution in [0.15, 0.2) is 0 Å². The molecule has 1 unspecified atom stereocenters. The fraction of sp³-hybridized carbons (Fsp3) is 0.875. The Kier molecular flexibility index (Phi) is 4.99. The maximum Gasteiger partial charge on any atom is 0.220 e. The fourth-order valence-corrected chi connectivity index (χ4v) is 0.953. The molecule has 10 heavy (non-hydrogen) atoms. The minimum Gasteiger partial charge on any atom is -0.356 e. The Morgan fingerprint density at radius 1 is 1.60 bits per heavy atom. The number of hydrogen-bond acceptors (Lipinski definition) is 1. The van der Waals surface area contributed by atoms with Gasteiger partial charge in [-0.25, -0.2) is 0 Å². The first kappa shape index (κ1) is 9.47. The third kappa shape index (κ3) is 2.85. The van der Waals surface area contributed by atoms with Gasteiger partial charge in [0, 0.05) is 13.0 Å². The minimum absolute atomic E-state index is 0.219. The van der Waals surface area contributed by atoms with Crippen LogP contribution in [-0.2, 0) is 4.79 Å². The first-order chi connectivity index (χ1) is 4.83. The smallest absolute Gasteiger partial charge is 0.220 e. The van der Waals surface area contributed by atoms with Crippen LogP contribution in [-0.4, -0.2) is 12.5 Å². The van der Waals surface area contributed by atoms with Crippen LogP contribution in [0.25, 0.3) is 0 Å². The van der Waals surface area contributed by atoms with Gasteiger partial charge >= 0.3 is 0 Å². The molecular weight excluding hydrogens is 126 g/mol. The Hall–Kier alpha value is -0.530. The molecule has 0 aliphatic carbocycles. The van der Waals surface area contributed by atoms with E-state index in [0.29, 0.717) is 5.92 Å². The average Bonchev–Trinajstić information content (AvgIpc) is 2.40. The molecule has 1 heterocycles. The number of carbonyl (C=O) groups is 1. The number of nitrogens with one attached hydrogen (secondary N) is 1. The molecule has 1 rings (SSSR count). The van der Waals surface area contributed by atoms with Gasteiger partial charge in [0.25, 0.3) is 0 Å². The van der Waals surface area contributed by atoms with E-state index in [2.05, 4.69) is 12.2 Å². The highest BCUT2D eigenvalue weighted by Gasteiger charge is 2.18. The standard InChI is InChI=1S/C6H11NO.C2H6/c1-2-5-3-6(8)7-4-5;1-2/h5H,2-4H2,1H3,(H,7,8);1-2H3. The average molecular weight is 143 g/mol. The minimum atomic E-state index is 0.219. The fourth-order valence-electron chi connectivity index (χ4n) is 0.953. The normalized spacial score (nSPS) is 23.1. The molecule has 1 aliphatic heterocycles. The van der Waals surface area contributed by atoms with E-state index in [1.54, 1.807) is 0 Å². The molecule has 2 heteroatoms. The van der Waals surface area contributed by atoms with E-state index < -0.39 is 0 Å². The van der Waals surface area contributed by atoms with Crippen LogP contribution in [0.3, 0.4) is 0 Å². The van der Waals surface area contributed by atoms with E-state index in [9.17, 15) is 4.79 Å². The predicted octanol–water partition coefficient (Wildman–Crippen LogP) is 1.56. The number of carbonyl (C=O) groups excluding carboxylic acids is 1. The lowest BCUT2D eigenvalue weighted by Gasteiger charge is -1.97. The van der Waals surface area contributed by atoms with Crippen LogP contribution in [0.4, 0.5) is 0 Å². The molecule has 0 radical (unpaired) electrons. The summed E-state index contributed by atoms with van der Waals surface area (Å²) < 4.78 is 0. The number of amides is 1. The molecule has 0 aromatic carbocycles. The van der Waals surface area contributed by atoms with Crippen molar-refractivity contribution < 1.29 is 4.79 Å². The maximum atomic E-state index is 10.5. The van der Waals surface area contributed by atoms with Gasteiger partial charge in [-0.05, 0) is 5.92 Å². The summed E-state index contributed by atoms with van der Waals surface area (Å²) in [6.07, 6.45) is 1.87. The highest BCUT2D eigenvalue weighted by atomic mass is 16.1. The Labute approximate surface area is 63.0 Å². The Morgan fingerprint density at radius 3 is 2.40 bits per heavy atom. The lowest BCUT2D eigenvalue weighted by atomic mass is 10.1. The van der Waals surface area contributed by atoms with E-state index >= 15 is 0 Å². The summed E-state index contributed by atoms with van der Waals surface area (Å²) in [5.41, 5.74) is 0. The summed E-state index contributed by atoms with van der Waals surface area (Å²) in [7, 11) is 0. The van der Waals surface area contributed by atoms with E-state index in [0.717, 1.165) is 19.4 Å². The third-order valence-corrected chi connectivity index (χ3v) is 1.64. The topological polar surface area (TPSA) is 29.1 Å². The summed E-state index contributed by atoms with van der Waals surface area (Å²) in [6, 6.07) is 0. The SMILES string of the molecule is CC.CCC1CNC(=O)C1. The zero-order valence-corrected chi connectivity index (χ0v) is 7.11. The molecule has 1 aliphatic rings. The van der Waals surface area contributed by atoms with E-state index in [4.69, 9.17) is 0 Å². The first-order valence-electron chi connectivity index (χ1n) is 4.09. The Morgan fingerprint density at radius 2 is 2.20 bits per heavy atom. The Bertz CT molecular complexity index is 101. The van der Waals surface area contributed by atoms with E-state index in [1.165, 1.54) is 0 Å². The van der Waals surface area contributed by atoms with Crippen molar-refractivity contribution in [3.8, 4) is 0 Å². The quantitative estimate of drug-likeness (QED) is 0.593. The number of rotatable bonds is 1. The molecule has 1 fully saturated rings. The molecule has 0 saturated carbocycles. The van der Waals surface area contributed by atoms with E-state index in [-0.39, 0.29) is 5.91 Å². The Balaban J connectivity index is 0.000000371. The zero-order chi connectivity index (χ0) is 7.98. The lowest BCUT2D eigenvalue weighted by Crippen LogP contribution is -2.13. The van der Waals surface area contributed by atoms with Crippen molar-refractivity contribution in [2.24, 2.45) is 5.92 Å². The van der Waals surface area contributed by atoms with Gasteiger partial charge < -0.3 is 5.32 Å². The van der Waals surface area contributed by atoms with Crippen LogP contribution >= 0.6 is 0 Å². The second-order valence-electron chi connectivity index (χ2n) is 2.28. The van der Waals surface area contributed by atoms with Crippen LogP contribution in [0.1, 0.15) is 33.6 Å². The number of hydrogen-bond donors (Lipinski definition) is 1.